The molecule has 1 saturated carbocycles. The van der Waals surface area contributed by atoms with E-state index in [0.29, 0.717) is 19.0 Å². The number of nitrogens with zero attached hydrogens (tertiary/aromatic N) is 2. The number of hydrogen-bond donors (Lipinski definition) is 2. The standard InChI is InChI=1S/C12H20N4O2S/c17-19(18,12-8-13-9-15-12)16-5-3-10(4-6-16)7-14-11-1-2-11/h8-11,14H,1-7H2,(H,13,15). The zero-order valence-electron chi connectivity index (χ0n) is 10.9. The molecule has 0 bridgehead atoms. The summed E-state index contributed by atoms with van der Waals surface area (Å²) in [5.74, 6) is 0.605. The normalized spacial score (nSPS) is 22.7. The van der Waals surface area contributed by atoms with E-state index in [2.05, 4.69) is 15.3 Å². The van der Waals surface area contributed by atoms with Crippen LogP contribution in [-0.4, -0.2) is 48.4 Å². The van der Waals surface area contributed by atoms with E-state index in [9.17, 15) is 8.42 Å². The molecule has 1 aliphatic carbocycles. The van der Waals surface area contributed by atoms with Gasteiger partial charge < -0.3 is 10.3 Å². The first-order valence-electron chi connectivity index (χ1n) is 6.88. The summed E-state index contributed by atoms with van der Waals surface area (Å²) in [6, 6.07) is 0.728. The summed E-state index contributed by atoms with van der Waals surface area (Å²) in [6.45, 7) is 2.25. The Labute approximate surface area is 113 Å². The highest BCUT2D eigenvalue weighted by atomic mass is 32.2. The molecule has 0 unspecified atom stereocenters. The number of piperidine rings is 1. The number of H-pyrrole nitrogens is 1. The molecular weight excluding hydrogens is 264 g/mol. The summed E-state index contributed by atoms with van der Waals surface area (Å²) in [6.07, 6.45) is 7.25. The molecule has 1 saturated heterocycles. The predicted molar refractivity (Wildman–Crippen MR) is 71.1 cm³/mol. The number of aromatic amines is 1. The van der Waals surface area contributed by atoms with E-state index in [1.807, 2.05) is 0 Å². The minimum absolute atomic E-state index is 0.196. The van der Waals surface area contributed by atoms with Crippen LogP contribution in [0.3, 0.4) is 0 Å². The van der Waals surface area contributed by atoms with Crippen molar-refractivity contribution in [1.82, 2.24) is 19.6 Å². The molecule has 1 aromatic rings. The van der Waals surface area contributed by atoms with Crippen molar-refractivity contribution in [3.05, 3.63) is 12.5 Å². The number of sulfonamides is 1. The molecule has 0 spiro atoms. The summed E-state index contributed by atoms with van der Waals surface area (Å²) in [5, 5.41) is 3.72. The van der Waals surface area contributed by atoms with Gasteiger partial charge in [0.15, 0.2) is 5.03 Å². The molecule has 19 heavy (non-hydrogen) atoms. The number of rotatable bonds is 5. The average molecular weight is 284 g/mol. The molecule has 106 valence electrons. The van der Waals surface area contributed by atoms with Crippen LogP contribution in [0, 0.1) is 5.92 Å². The van der Waals surface area contributed by atoms with Gasteiger partial charge >= 0.3 is 0 Å². The average Bonchev–Trinajstić information content (AvgIpc) is 3.07. The summed E-state index contributed by atoms with van der Waals surface area (Å²) in [4.78, 5) is 6.46. The Morgan fingerprint density at radius 3 is 2.63 bits per heavy atom. The lowest BCUT2D eigenvalue weighted by Crippen LogP contribution is -2.41. The van der Waals surface area contributed by atoms with Gasteiger partial charge in [-0.05, 0) is 38.1 Å². The van der Waals surface area contributed by atoms with Gasteiger partial charge in [-0.3, -0.25) is 0 Å². The highest BCUT2D eigenvalue weighted by molar-refractivity contribution is 7.89. The van der Waals surface area contributed by atoms with Crippen molar-refractivity contribution >= 4 is 10.0 Å². The number of imidazole rings is 1. The lowest BCUT2D eigenvalue weighted by Gasteiger charge is -2.30. The van der Waals surface area contributed by atoms with E-state index in [1.54, 1.807) is 4.31 Å². The zero-order valence-corrected chi connectivity index (χ0v) is 11.7. The molecule has 0 aromatic carbocycles. The van der Waals surface area contributed by atoms with Crippen LogP contribution in [0.1, 0.15) is 25.7 Å². The maximum absolute atomic E-state index is 12.3. The summed E-state index contributed by atoms with van der Waals surface area (Å²) in [7, 11) is -3.37. The third-order valence-electron chi connectivity index (χ3n) is 3.94. The Morgan fingerprint density at radius 1 is 1.32 bits per heavy atom. The quantitative estimate of drug-likeness (QED) is 0.828. The van der Waals surface area contributed by atoms with Gasteiger partial charge in [0.05, 0.1) is 12.5 Å². The second-order valence-corrected chi connectivity index (χ2v) is 7.35. The van der Waals surface area contributed by atoms with Crippen LogP contribution in [0.25, 0.3) is 0 Å². The van der Waals surface area contributed by atoms with Gasteiger partial charge in [-0.15, -0.1) is 0 Å². The predicted octanol–water partition coefficient (Wildman–Crippen LogP) is 0.562. The molecule has 2 fully saturated rings. The summed E-state index contributed by atoms with van der Waals surface area (Å²) >= 11 is 0. The number of aromatic nitrogens is 2. The minimum Gasteiger partial charge on any atom is -0.335 e. The Balaban J connectivity index is 1.54. The Kier molecular flexibility index (Phi) is 3.60. The van der Waals surface area contributed by atoms with E-state index in [0.717, 1.165) is 25.4 Å². The molecule has 3 rings (SSSR count). The lowest BCUT2D eigenvalue weighted by atomic mass is 9.98. The zero-order chi connectivity index (χ0) is 13.3. The van der Waals surface area contributed by atoms with Gasteiger partial charge in [0.1, 0.15) is 0 Å². The fourth-order valence-corrected chi connectivity index (χ4v) is 3.86. The molecule has 2 N–H and O–H groups in total. The highest BCUT2D eigenvalue weighted by Crippen LogP contribution is 2.24. The molecule has 7 heteroatoms. The smallest absolute Gasteiger partial charge is 0.260 e. The fraction of sp³-hybridized carbons (Fsp3) is 0.750. The van der Waals surface area contributed by atoms with Crippen LogP contribution in [0.2, 0.25) is 0 Å². The van der Waals surface area contributed by atoms with Crippen molar-refractivity contribution in [2.75, 3.05) is 19.6 Å². The van der Waals surface area contributed by atoms with E-state index < -0.39 is 10.0 Å². The second-order valence-electron chi connectivity index (χ2n) is 5.45. The molecule has 2 heterocycles. The topological polar surface area (TPSA) is 78.1 Å². The first-order chi connectivity index (χ1) is 9.16. The van der Waals surface area contributed by atoms with Gasteiger partial charge in [-0.2, -0.15) is 4.31 Å². The molecule has 6 nitrogen and oxygen atoms in total. The number of hydrogen-bond acceptors (Lipinski definition) is 4. The van der Waals surface area contributed by atoms with Gasteiger partial charge in [-0.1, -0.05) is 0 Å². The van der Waals surface area contributed by atoms with Crippen LogP contribution in [0.5, 0.6) is 0 Å². The highest BCUT2D eigenvalue weighted by Gasteiger charge is 2.31. The van der Waals surface area contributed by atoms with Crippen molar-refractivity contribution in [3.8, 4) is 0 Å². The van der Waals surface area contributed by atoms with Crippen LogP contribution in [0.4, 0.5) is 0 Å². The fourth-order valence-electron chi connectivity index (χ4n) is 2.50. The van der Waals surface area contributed by atoms with Gasteiger partial charge in [0.25, 0.3) is 10.0 Å². The van der Waals surface area contributed by atoms with E-state index in [4.69, 9.17) is 0 Å². The third kappa shape index (κ3) is 2.98. The van der Waals surface area contributed by atoms with Crippen molar-refractivity contribution in [2.24, 2.45) is 5.92 Å². The molecule has 2 aliphatic rings. The largest absolute Gasteiger partial charge is 0.335 e. The van der Waals surface area contributed by atoms with Crippen molar-refractivity contribution < 1.29 is 8.42 Å². The molecule has 0 radical (unpaired) electrons. The van der Waals surface area contributed by atoms with Crippen molar-refractivity contribution in [1.29, 1.82) is 0 Å². The first kappa shape index (κ1) is 13.1. The first-order valence-corrected chi connectivity index (χ1v) is 8.32. The summed E-state index contributed by atoms with van der Waals surface area (Å²) in [5.41, 5.74) is 0. The molecule has 0 amide bonds. The minimum atomic E-state index is -3.37. The van der Waals surface area contributed by atoms with Gasteiger partial charge in [0.2, 0.25) is 0 Å². The van der Waals surface area contributed by atoms with Crippen molar-refractivity contribution in [3.63, 3.8) is 0 Å². The molecule has 1 aromatic heterocycles. The third-order valence-corrected chi connectivity index (χ3v) is 5.76. The number of nitrogens with one attached hydrogen (secondary N) is 2. The molecular formula is C12H20N4O2S. The maximum atomic E-state index is 12.3. The summed E-state index contributed by atoms with van der Waals surface area (Å²) < 4.78 is 26.1. The second kappa shape index (κ2) is 5.22. The van der Waals surface area contributed by atoms with Crippen LogP contribution < -0.4 is 5.32 Å². The Hall–Kier alpha value is -0.920. The Morgan fingerprint density at radius 2 is 2.05 bits per heavy atom. The van der Waals surface area contributed by atoms with Crippen LogP contribution in [-0.2, 0) is 10.0 Å². The SMILES string of the molecule is O=S(=O)(c1cnc[nH]1)N1CCC(CNC2CC2)CC1. The lowest BCUT2D eigenvalue weighted by molar-refractivity contribution is 0.266. The van der Waals surface area contributed by atoms with E-state index in [-0.39, 0.29) is 5.03 Å². The molecule has 0 atom stereocenters. The van der Waals surface area contributed by atoms with E-state index in [1.165, 1.54) is 25.4 Å². The molecule has 1 aliphatic heterocycles. The monoisotopic (exact) mass is 284 g/mol. The van der Waals surface area contributed by atoms with E-state index >= 15 is 0 Å². The van der Waals surface area contributed by atoms with Crippen molar-refractivity contribution in [2.45, 2.75) is 36.8 Å². The van der Waals surface area contributed by atoms with Gasteiger partial charge in [0, 0.05) is 19.1 Å². The van der Waals surface area contributed by atoms with Crippen LogP contribution >= 0.6 is 0 Å². The van der Waals surface area contributed by atoms with Crippen LogP contribution in [0.15, 0.2) is 17.6 Å². The Bertz CT molecular complexity index is 502. The van der Waals surface area contributed by atoms with Gasteiger partial charge in [-0.25, -0.2) is 13.4 Å². The maximum Gasteiger partial charge on any atom is 0.260 e.